The standard InChI is InChI=1S/C14H13NO7S.H2O4S/c1-23(21,22)8-5-6-9(10(7-8)15(19)20)14(18)13-11(16)3-2-4-12(13)17;1-5(2,3)4/h5-7,13H,2-4H2,1H3;(H2,1,2,3,4). The van der Waals surface area contributed by atoms with Gasteiger partial charge in [-0.05, 0) is 18.6 Å². The molecule has 0 atom stereocenters. The fourth-order valence-corrected chi connectivity index (χ4v) is 3.10. The van der Waals surface area contributed by atoms with Gasteiger partial charge in [0.1, 0.15) is 5.92 Å². The molecule has 0 aliphatic heterocycles. The second-order valence-corrected chi connectivity index (χ2v) is 8.65. The van der Waals surface area contributed by atoms with Gasteiger partial charge < -0.3 is 0 Å². The molecule has 1 aromatic carbocycles. The van der Waals surface area contributed by atoms with Crippen molar-refractivity contribution in [2.24, 2.45) is 5.92 Å². The lowest BCUT2D eigenvalue weighted by Gasteiger charge is -2.18. The predicted octanol–water partition coefficient (Wildman–Crippen LogP) is 0.467. The second-order valence-electron chi connectivity index (χ2n) is 5.74. The largest absolute Gasteiger partial charge is 0.394 e. The van der Waals surface area contributed by atoms with E-state index >= 15 is 0 Å². The number of carbonyl (C=O) groups excluding carboxylic acids is 3. The average Bonchev–Trinajstić information content (AvgIpc) is 2.51. The molecule has 0 unspecified atom stereocenters. The summed E-state index contributed by atoms with van der Waals surface area (Å²) in [5.74, 6) is -3.61. The second kappa shape index (κ2) is 8.64. The minimum atomic E-state index is -4.67. The van der Waals surface area contributed by atoms with Crippen LogP contribution in [0.1, 0.15) is 29.6 Å². The van der Waals surface area contributed by atoms with E-state index in [1.54, 1.807) is 0 Å². The number of nitrogens with zero attached hydrogens (tertiary/aromatic N) is 1. The summed E-state index contributed by atoms with van der Waals surface area (Å²) in [5, 5.41) is 11.1. The Morgan fingerprint density at radius 3 is 1.96 bits per heavy atom. The Bertz CT molecular complexity index is 1020. The van der Waals surface area contributed by atoms with Crippen LogP contribution in [-0.2, 0) is 29.8 Å². The van der Waals surface area contributed by atoms with Gasteiger partial charge in [-0.2, -0.15) is 8.42 Å². The van der Waals surface area contributed by atoms with E-state index < -0.39 is 59.7 Å². The van der Waals surface area contributed by atoms with Gasteiger partial charge in [0.15, 0.2) is 27.2 Å². The first-order valence-electron chi connectivity index (χ1n) is 7.41. The lowest BCUT2D eigenvalue weighted by atomic mass is 9.81. The Balaban J connectivity index is 0.000000696. The topological polar surface area (TPSA) is 203 Å². The predicted molar refractivity (Wildman–Crippen MR) is 92.1 cm³/mol. The number of carbonyl (C=O) groups is 3. The molecule has 0 bridgehead atoms. The summed E-state index contributed by atoms with van der Waals surface area (Å²) in [6, 6.07) is 2.79. The van der Waals surface area contributed by atoms with Crippen molar-refractivity contribution in [1.29, 1.82) is 0 Å². The van der Waals surface area contributed by atoms with Gasteiger partial charge in [0.05, 0.1) is 15.4 Å². The molecular weight excluding hydrogens is 422 g/mol. The van der Waals surface area contributed by atoms with Crippen LogP contribution in [0.3, 0.4) is 0 Å². The Morgan fingerprint density at radius 1 is 1.11 bits per heavy atom. The number of ketones is 3. The monoisotopic (exact) mass is 437 g/mol. The van der Waals surface area contributed by atoms with Crippen LogP contribution in [0, 0.1) is 16.0 Å². The third kappa shape index (κ3) is 6.56. The Hall–Kier alpha value is -2.55. The molecule has 12 nitrogen and oxygen atoms in total. The normalized spacial score (nSPS) is 15.5. The lowest BCUT2D eigenvalue weighted by Crippen LogP contribution is -2.35. The van der Waals surface area contributed by atoms with Crippen LogP contribution in [0.15, 0.2) is 23.1 Å². The first kappa shape index (κ1) is 23.5. The fourth-order valence-electron chi connectivity index (χ4n) is 2.45. The van der Waals surface area contributed by atoms with E-state index in [9.17, 15) is 32.9 Å². The molecule has 0 aromatic heterocycles. The summed E-state index contributed by atoms with van der Waals surface area (Å²) in [7, 11) is -8.36. The third-order valence-electron chi connectivity index (χ3n) is 3.61. The number of nitro groups is 1. The van der Waals surface area contributed by atoms with Gasteiger partial charge in [-0.3, -0.25) is 33.6 Å². The molecule has 0 saturated heterocycles. The summed E-state index contributed by atoms with van der Waals surface area (Å²) in [5.41, 5.74) is -1.17. The van der Waals surface area contributed by atoms with Crippen LogP contribution >= 0.6 is 0 Å². The van der Waals surface area contributed by atoms with Crippen molar-refractivity contribution in [3.63, 3.8) is 0 Å². The summed E-state index contributed by atoms with van der Waals surface area (Å²) in [6.45, 7) is 0. The quantitative estimate of drug-likeness (QED) is 0.218. The van der Waals surface area contributed by atoms with Crippen molar-refractivity contribution in [3.8, 4) is 0 Å². The van der Waals surface area contributed by atoms with Crippen LogP contribution < -0.4 is 0 Å². The van der Waals surface area contributed by atoms with Crippen LogP contribution in [0.25, 0.3) is 0 Å². The summed E-state index contributed by atoms with van der Waals surface area (Å²) in [4.78, 5) is 46.0. The van der Waals surface area contributed by atoms with Crippen molar-refractivity contribution in [2.45, 2.75) is 24.2 Å². The van der Waals surface area contributed by atoms with E-state index in [2.05, 4.69) is 0 Å². The van der Waals surface area contributed by atoms with E-state index in [0.29, 0.717) is 6.42 Å². The van der Waals surface area contributed by atoms with Crippen LogP contribution in [-0.4, -0.2) is 54.5 Å². The zero-order chi connectivity index (χ0) is 21.9. The Morgan fingerprint density at radius 2 is 1.57 bits per heavy atom. The van der Waals surface area contributed by atoms with Gasteiger partial charge in [-0.25, -0.2) is 8.42 Å². The van der Waals surface area contributed by atoms with Crippen molar-refractivity contribution in [1.82, 2.24) is 0 Å². The van der Waals surface area contributed by atoms with Crippen LogP contribution in [0.5, 0.6) is 0 Å². The van der Waals surface area contributed by atoms with E-state index in [0.717, 1.165) is 24.5 Å². The number of rotatable bonds is 4. The summed E-state index contributed by atoms with van der Waals surface area (Å²) >= 11 is 0. The molecule has 2 N–H and O–H groups in total. The van der Waals surface area contributed by atoms with Crippen molar-refractivity contribution in [3.05, 3.63) is 33.9 Å². The smallest absolute Gasteiger partial charge is 0.298 e. The minimum absolute atomic E-state index is 0.0668. The number of hydrogen-bond acceptors (Lipinski definition) is 9. The molecule has 0 radical (unpaired) electrons. The van der Waals surface area contributed by atoms with Gasteiger partial charge in [0, 0.05) is 25.2 Å². The van der Waals surface area contributed by atoms with Crippen LogP contribution in [0.4, 0.5) is 5.69 Å². The van der Waals surface area contributed by atoms with Crippen LogP contribution in [0.2, 0.25) is 0 Å². The van der Waals surface area contributed by atoms with E-state index in [4.69, 9.17) is 17.5 Å². The number of sulfone groups is 1. The highest BCUT2D eigenvalue weighted by Crippen LogP contribution is 2.28. The molecule has 154 valence electrons. The molecule has 1 aliphatic carbocycles. The van der Waals surface area contributed by atoms with Gasteiger partial charge in [-0.15, -0.1) is 0 Å². The van der Waals surface area contributed by atoms with Gasteiger partial charge in [-0.1, -0.05) is 0 Å². The maximum absolute atomic E-state index is 12.4. The van der Waals surface area contributed by atoms with Gasteiger partial charge in [0.25, 0.3) is 5.69 Å². The van der Waals surface area contributed by atoms with Crippen molar-refractivity contribution >= 4 is 43.3 Å². The molecule has 2 rings (SSSR count). The summed E-state index contributed by atoms with van der Waals surface area (Å²) < 4.78 is 54.5. The number of hydrogen-bond donors (Lipinski definition) is 2. The molecule has 28 heavy (non-hydrogen) atoms. The first-order valence-corrected chi connectivity index (χ1v) is 10.7. The fraction of sp³-hybridized carbons (Fsp3) is 0.357. The number of nitro benzene ring substituents is 1. The SMILES string of the molecule is CS(=O)(=O)c1ccc(C(=O)C2C(=O)CCCC2=O)c([N+](=O)[O-])c1.O=S(=O)(O)O. The molecule has 1 aromatic rings. The third-order valence-corrected chi connectivity index (χ3v) is 4.72. The van der Waals surface area contributed by atoms with Gasteiger partial charge in [0.2, 0.25) is 0 Å². The maximum Gasteiger partial charge on any atom is 0.394 e. The first-order chi connectivity index (χ1) is 12.6. The van der Waals surface area contributed by atoms with E-state index in [1.807, 2.05) is 0 Å². The highest BCUT2D eigenvalue weighted by Gasteiger charge is 2.39. The highest BCUT2D eigenvalue weighted by atomic mass is 32.3. The van der Waals surface area contributed by atoms with E-state index in [-0.39, 0.29) is 17.7 Å². The molecule has 0 amide bonds. The maximum atomic E-state index is 12.4. The zero-order valence-electron chi connectivity index (χ0n) is 14.3. The minimum Gasteiger partial charge on any atom is -0.298 e. The molecule has 0 spiro atoms. The lowest BCUT2D eigenvalue weighted by molar-refractivity contribution is -0.385. The van der Waals surface area contributed by atoms with E-state index in [1.165, 1.54) is 0 Å². The Labute approximate surface area is 159 Å². The number of benzene rings is 1. The average molecular weight is 437 g/mol. The zero-order valence-corrected chi connectivity index (χ0v) is 15.9. The van der Waals surface area contributed by atoms with Crippen molar-refractivity contribution < 1.29 is 45.2 Å². The van der Waals surface area contributed by atoms with Crippen molar-refractivity contribution in [2.75, 3.05) is 6.26 Å². The highest BCUT2D eigenvalue weighted by molar-refractivity contribution is 7.90. The molecular formula is C14H15NO11S2. The summed E-state index contributed by atoms with van der Waals surface area (Å²) in [6.07, 6.45) is 1.37. The molecule has 1 fully saturated rings. The Kier molecular flexibility index (Phi) is 7.25. The number of Topliss-reactive ketones (excluding diaryl/α,β-unsaturated/α-hetero) is 3. The molecule has 1 saturated carbocycles. The molecule has 14 heteroatoms. The van der Waals surface area contributed by atoms with Gasteiger partial charge >= 0.3 is 10.4 Å². The molecule has 0 heterocycles. The molecule has 1 aliphatic rings.